The van der Waals surface area contributed by atoms with Crippen LogP contribution in [0.4, 0.5) is 5.69 Å². The lowest BCUT2D eigenvalue weighted by atomic mass is 10.0. The van der Waals surface area contributed by atoms with E-state index in [0.717, 1.165) is 11.3 Å². The van der Waals surface area contributed by atoms with E-state index in [-0.39, 0.29) is 37.5 Å². The molecular weight excluding hydrogens is 235 g/mol. The summed E-state index contributed by atoms with van der Waals surface area (Å²) in [5.74, 6) is 0. The van der Waals surface area contributed by atoms with Crippen LogP contribution in [0.3, 0.4) is 0 Å². The van der Waals surface area contributed by atoms with Gasteiger partial charge >= 0.3 is 0 Å². The van der Waals surface area contributed by atoms with Crippen LogP contribution in [0, 0.1) is 0 Å². The van der Waals surface area contributed by atoms with E-state index in [4.69, 9.17) is 10.8 Å². The molecule has 0 fully saturated rings. The Kier molecular flexibility index (Phi) is 9.93. The minimum absolute atomic E-state index is 0. The molecule has 0 radical (unpaired) electrons. The number of anilines is 1. The molecule has 0 heterocycles. The van der Waals surface area contributed by atoms with Gasteiger partial charge in [0.25, 0.3) is 0 Å². The first-order chi connectivity index (χ1) is 6.29. The van der Waals surface area contributed by atoms with Gasteiger partial charge in [0.2, 0.25) is 0 Å². The van der Waals surface area contributed by atoms with Crippen molar-refractivity contribution in [2.75, 3.05) is 19.4 Å². The molecule has 4 N–H and O–H groups in total. The third-order valence-electron chi connectivity index (χ3n) is 2.14. The largest absolute Gasteiger partial charge is 0.398 e. The zero-order valence-electron chi connectivity index (χ0n) is 8.64. The van der Waals surface area contributed by atoms with E-state index in [1.807, 2.05) is 31.3 Å². The Morgan fingerprint density at radius 3 is 2.40 bits per heavy atom. The van der Waals surface area contributed by atoms with Gasteiger partial charge in [-0.15, -0.1) is 24.8 Å². The summed E-state index contributed by atoms with van der Waals surface area (Å²) in [4.78, 5) is 0. The molecule has 5 heteroatoms. The normalized spacial score (nSPS) is 11.1. The first-order valence-electron chi connectivity index (χ1n) is 4.42. The fraction of sp³-hybridized carbons (Fsp3) is 0.400. The number of aliphatic hydroxyl groups excluding tert-OH is 1. The van der Waals surface area contributed by atoms with E-state index in [0.29, 0.717) is 6.42 Å². The van der Waals surface area contributed by atoms with Gasteiger partial charge in [-0.05, 0) is 25.1 Å². The molecule has 88 valence electrons. The smallest absolute Gasteiger partial charge is 0.0449 e. The van der Waals surface area contributed by atoms with E-state index in [9.17, 15) is 0 Å². The van der Waals surface area contributed by atoms with E-state index in [1.54, 1.807) is 0 Å². The summed E-state index contributed by atoms with van der Waals surface area (Å²) >= 11 is 0. The lowest BCUT2D eigenvalue weighted by molar-refractivity contribution is 0.269. The third-order valence-corrected chi connectivity index (χ3v) is 2.14. The number of nitrogen functional groups attached to an aromatic ring is 1. The van der Waals surface area contributed by atoms with Crippen molar-refractivity contribution in [1.29, 1.82) is 0 Å². The molecule has 0 saturated heterocycles. The molecule has 0 aromatic heterocycles. The zero-order chi connectivity index (χ0) is 9.68. The summed E-state index contributed by atoms with van der Waals surface area (Å²) in [5.41, 5.74) is 7.63. The molecule has 0 saturated carbocycles. The highest BCUT2D eigenvalue weighted by molar-refractivity contribution is 5.85. The highest BCUT2D eigenvalue weighted by atomic mass is 35.5. The number of nitrogens with two attached hydrogens (primary N) is 1. The van der Waals surface area contributed by atoms with Crippen LogP contribution in [0.1, 0.15) is 18.0 Å². The summed E-state index contributed by atoms with van der Waals surface area (Å²) in [6.07, 6.45) is 0.685. The number of hydrogen-bond donors (Lipinski definition) is 3. The number of aliphatic hydroxyl groups is 1. The van der Waals surface area contributed by atoms with Crippen molar-refractivity contribution in [3.8, 4) is 0 Å². The molecule has 0 aliphatic heterocycles. The van der Waals surface area contributed by atoms with Gasteiger partial charge < -0.3 is 16.2 Å². The lowest BCUT2D eigenvalue weighted by Gasteiger charge is -2.16. The average molecular weight is 253 g/mol. The molecule has 1 unspecified atom stereocenters. The van der Waals surface area contributed by atoms with Crippen molar-refractivity contribution in [3.63, 3.8) is 0 Å². The fourth-order valence-electron chi connectivity index (χ4n) is 1.41. The maximum Gasteiger partial charge on any atom is 0.0449 e. The van der Waals surface area contributed by atoms with Gasteiger partial charge in [-0.1, -0.05) is 18.2 Å². The molecule has 0 aliphatic rings. The summed E-state index contributed by atoms with van der Waals surface area (Å²) in [6.45, 7) is 0.167. The van der Waals surface area contributed by atoms with Crippen LogP contribution >= 0.6 is 24.8 Å². The summed E-state index contributed by atoms with van der Waals surface area (Å²) in [6, 6.07) is 7.85. The van der Waals surface area contributed by atoms with Crippen LogP contribution in [-0.4, -0.2) is 18.8 Å². The molecule has 0 amide bonds. The second-order valence-corrected chi connectivity index (χ2v) is 2.98. The van der Waals surface area contributed by atoms with Gasteiger partial charge in [0, 0.05) is 18.3 Å². The topological polar surface area (TPSA) is 58.3 Å². The van der Waals surface area contributed by atoms with Crippen molar-refractivity contribution in [1.82, 2.24) is 5.32 Å². The van der Waals surface area contributed by atoms with Crippen molar-refractivity contribution in [2.24, 2.45) is 0 Å². The van der Waals surface area contributed by atoms with Crippen LogP contribution < -0.4 is 11.1 Å². The van der Waals surface area contributed by atoms with Crippen molar-refractivity contribution in [2.45, 2.75) is 12.5 Å². The van der Waals surface area contributed by atoms with Crippen LogP contribution in [0.2, 0.25) is 0 Å². The molecule has 1 atom stereocenters. The molecule has 0 aliphatic carbocycles. The Balaban J connectivity index is 0. The minimum Gasteiger partial charge on any atom is -0.398 e. The van der Waals surface area contributed by atoms with E-state index in [2.05, 4.69) is 5.32 Å². The number of benzene rings is 1. The summed E-state index contributed by atoms with van der Waals surface area (Å²) < 4.78 is 0. The van der Waals surface area contributed by atoms with Gasteiger partial charge in [-0.3, -0.25) is 0 Å². The summed E-state index contributed by atoms with van der Waals surface area (Å²) in [7, 11) is 1.87. The highest BCUT2D eigenvalue weighted by Gasteiger charge is 2.10. The van der Waals surface area contributed by atoms with Crippen LogP contribution in [-0.2, 0) is 0 Å². The second kappa shape index (κ2) is 8.80. The van der Waals surface area contributed by atoms with Gasteiger partial charge in [0.1, 0.15) is 0 Å². The highest BCUT2D eigenvalue weighted by Crippen LogP contribution is 2.21. The van der Waals surface area contributed by atoms with E-state index in [1.165, 1.54) is 0 Å². The predicted molar refractivity (Wildman–Crippen MR) is 68.9 cm³/mol. The van der Waals surface area contributed by atoms with Crippen LogP contribution in [0.15, 0.2) is 24.3 Å². The molecule has 15 heavy (non-hydrogen) atoms. The maximum absolute atomic E-state index is 8.84. The number of rotatable bonds is 4. The average Bonchev–Trinajstić information content (AvgIpc) is 2.16. The molecule has 3 nitrogen and oxygen atoms in total. The second-order valence-electron chi connectivity index (χ2n) is 2.98. The molecule has 1 rings (SSSR count). The van der Waals surface area contributed by atoms with Crippen LogP contribution in [0.5, 0.6) is 0 Å². The molecule has 0 spiro atoms. The third kappa shape index (κ3) is 4.71. The zero-order valence-corrected chi connectivity index (χ0v) is 10.3. The Bertz CT molecular complexity index is 271. The van der Waals surface area contributed by atoms with E-state index >= 15 is 0 Å². The standard InChI is InChI=1S/C10H16N2O.2ClH/c1-12-10(6-7-13)8-4-2-3-5-9(8)11;;/h2-5,10,12-13H,6-7,11H2,1H3;2*1H. The number of nitrogens with one attached hydrogen (secondary N) is 1. The Hall–Kier alpha value is -0.480. The SMILES string of the molecule is CNC(CCO)c1ccccc1N.Cl.Cl. The van der Waals surface area contributed by atoms with Crippen molar-refractivity contribution < 1.29 is 5.11 Å². The van der Waals surface area contributed by atoms with Gasteiger partial charge in [0.05, 0.1) is 0 Å². The maximum atomic E-state index is 8.84. The molecule has 1 aromatic rings. The van der Waals surface area contributed by atoms with E-state index < -0.39 is 0 Å². The van der Waals surface area contributed by atoms with Gasteiger partial charge in [-0.25, -0.2) is 0 Å². The molecule has 0 bridgehead atoms. The number of hydrogen-bond acceptors (Lipinski definition) is 3. The fourth-order valence-corrected chi connectivity index (χ4v) is 1.41. The number of para-hydroxylation sites is 1. The number of halogens is 2. The first kappa shape index (κ1) is 16.9. The monoisotopic (exact) mass is 252 g/mol. The molecule has 1 aromatic carbocycles. The quantitative estimate of drug-likeness (QED) is 0.716. The predicted octanol–water partition coefficient (Wildman–Crippen LogP) is 1.76. The molecular formula is C10H18Cl2N2O. The minimum atomic E-state index is 0. The van der Waals surface area contributed by atoms with Gasteiger partial charge in [0.15, 0.2) is 0 Å². The Morgan fingerprint density at radius 2 is 1.93 bits per heavy atom. The lowest BCUT2D eigenvalue weighted by Crippen LogP contribution is -2.18. The summed E-state index contributed by atoms with van der Waals surface area (Å²) in [5, 5.41) is 12.0. The van der Waals surface area contributed by atoms with Crippen LogP contribution in [0.25, 0.3) is 0 Å². The first-order valence-corrected chi connectivity index (χ1v) is 4.42. The van der Waals surface area contributed by atoms with Gasteiger partial charge in [-0.2, -0.15) is 0 Å². The Morgan fingerprint density at radius 1 is 1.33 bits per heavy atom. The van der Waals surface area contributed by atoms with Crippen molar-refractivity contribution in [3.05, 3.63) is 29.8 Å². The Labute approximate surface area is 103 Å². The van der Waals surface area contributed by atoms with Crippen molar-refractivity contribution >= 4 is 30.5 Å².